The molecule has 1 aliphatic rings. The molecule has 2 amide bonds. The van der Waals surface area contributed by atoms with Crippen LogP contribution in [0.1, 0.15) is 37.5 Å². The number of pyridine rings is 1. The maximum absolute atomic E-state index is 14.4. The summed E-state index contributed by atoms with van der Waals surface area (Å²) in [7, 11) is 3.15. The van der Waals surface area contributed by atoms with Crippen LogP contribution in [0.2, 0.25) is 0 Å². The quantitative estimate of drug-likeness (QED) is 0.119. The number of aryl methyl sites for hydroxylation is 2. The molecule has 5 aromatic rings. The highest BCUT2D eigenvalue weighted by Crippen LogP contribution is 2.32. The van der Waals surface area contributed by atoms with Gasteiger partial charge in [-0.3, -0.25) is 14.5 Å². The molecule has 0 aliphatic carbocycles. The van der Waals surface area contributed by atoms with Crippen LogP contribution in [0, 0.1) is 31.3 Å². The number of ether oxygens (including phenoxy) is 2. The summed E-state index contributed by atoms with van der Waals surface area (Å²) in [5.74, 6) is -4.18. The van der Waals surface area contributed by atoms with E-state index in [1.165, 1.54) is 37.5 Å². The average molecular weight is 708 g/mol. The number of rotatable bonds is 9. The van der Waals surface area contributed by atoms with Gasteiger partial charge in [-0.25, -0.2) is 18.2 Å². The zero-order chi connectivity index (χ0) is 36.6. The van der Waals surface area contributed by atoms with Crippen LogP contribution in [0.3, 0.4) is 0 Å². The van der Waals surface area contributed by atoms with Crippen LogP contribution in [0.4, 0.5) is 27.6 Å². The Bertz CT molecular complexity index is 2100. The van der Waals surface area contributed by atoms with Crippen LogP contribution in [0.15, 0.2) is 66.9 Å². The zero-order valence-electron chi connectivity index (χ0n) is 28.2. The lowest BCUT2D eigenvalue weighted by Gasteiger charge is -2.35. The molecule has 0 bridgehead atoms. The van der Waals surface area contributed by atoms with E-state index < -0.39 is 41.1 Å². The first-order valence-corrected chi connectivity index (χ1v) is 16.0. The van der Waals surface area contributed by atoms with Crippen LogP contribution in [-0.4, -0.2) is 71.0 Å². The number of carbonyl (C=O) groups excluding carboxylic acids is 2. The maximum atomic E-state index is 14.4. The number of aromatic nitrogens is 2. The molecule has 9 nitrogen and oxygen atoms in total. The van der Waals surface area contributed by atoms with Gasteiger partial charge in [-0.05, 0) is 61.4 Å². The Labute approximate surface area is 290 Å². The summed E-state index contributed by atoms with van der Waals surface area (Å²) in [6.45, 7) is 3.08. The van der Waals surface area contributed by atoms with E-state index in [4.69, 9.17) is 4.74 Å². The third-order valence-electron chi connectivity index (χ3n) is 9.10. The van der Waals surface area contributed by atoms with E-state index in [0.29, 0.717) is 50.2 Å². The predicted octanol–water partition coefficient (Wildman–Crippen LogP) is 7.24. The summed E-state index contributed by atoms with van der Waals surface area (Å²) in [5.41, 5.74) is 2.10. The van der Waals surface area contributed by atoms with Gasteiger partial charge < -0.3 is 23.8 Å². The van der Waals surface area contributed by atoms with Gasteiger partial charge in [0.25, 0.3) is 11.8 Å². The van der Waals surface area contributed by atoms with Crippen molar-refractivity contribution in [1.29, 1.82) is 0 Å². The van der Waals surface area contributed by atoms with Crippen LogP contribution in [0.25, 0.3) is 10.9 Å². The Hall–Kier alpha value is -5.50. The average Bonchev–Trinajstić information content (AvgIpc) is 3.37. The molecular formula is C37H34F5N5O4. The van der Waals surface area contributed by atoms with Gasteiger partial charge in [0, 0.05) is 69.9 Å². The summed E-state index contributed by atoms with van der Waals surface area (Å²) in [6, 6.07) is 15.6. The van der Waals surface area contributed by atoms with Crippen molar-refractivity contribution >= 4 is 28.4 Å². The fourth-order valence-electron chi connectivity index (χ4n) is 6.16. The van der Waals surface area contributed by atoms with Crippen molar-refractivity contribution in [3.8, 4) is 17.4 Å². The number of piperazine rings is 1. The summed E-state index contributed by atoms with van der Waals surface area (Å²) in [6.07, 6.45) is 1.31. The lowest BCUT2D eigenvalue weighted by atomic mass is 10.1. The standard InChI is InChI=1S/C37H34F5N5O4/c1-21-27-11-10-26(50-31-12-7-24(19-43-31)44(3)35(48)28-18-29(38)22(2)32(39)33(28)40)17-30(27)45(4)34(21)36(49)47-15-13-46(14-16-47)20-23-5-8-25(9-6-23)51-37(41)42/h5-12,17-19,37H,13-16,20H2,1-4H3. The molecule has 1 fully saturated rings. The van der Waals surface area contributed by atoms with Gasteiger partial charge in [-0.2, -0.15) is 8.78 Å². The van der Waals surface area contributed by atoms with E-state index >= 15 is 0 Å². The van der Waals surface area contributed by atoms with E-state index in [1.807, 2.05) is 29.5 Å². The molecule has 0 N–H and O–H groups in total. The lowest BCUT2D eigenvalue weighted by molar-refractivity contribution is -0.0498. The molecular weight excluding hydrogens is 673 g/mol. The predicted molar refractivity (Wildman–Crippen MR) is 180 cm³/mol. The van der Waals surface area contributed by atoms with E-state index in [-0.39, 0.29) is 23.2 Å². The second-order valence-electron chi connectivity index (χ2n) is 12.3. The smallest absolute Gasteiger partial charge is 0.387 e. The van der Waals surface area contributed by atoms with Gasteiger partial charge in [0.05, 0.1) is 23.0 Å². The van der Waals surface area contributed by atoms with E-state index in [0.717, 1.165) is 33.9 Å². The molecule has 1 saturated heterocycles. The number of alkyl halides is 2. The molecule has 0 spiro atoms. The number of halogens is 5. The topological polar surface area (TPSA) is 80.1 Å². The van der Waals surface area contributed by atoms with Crippen molar-refractivity contribution in [2.45, 2.75) is 27.0 Å². The van der Waals surface area contributed by atoms with Gasteiger partial charge in [-0.15, -0.1) is 0 Å². The van der Waals surface area contributed by atoms with Gasteiger partial charge in [0.1, 0.15) is 23.0 Å². The lowest BCUT2D eigenvalue weighted by Crippen LogP contribution is -2.48. The third kappa shape index (κ3) is 7.22. The second-order valence-corrected chi connectivity index (χ2v) is 12.3. The molecule has 14 heteroatoms. The highest BCUT2D eigenvalue weighted by Gasteiger charge is 2.28. The van der Waals surface area contributed by atoms with Crippen LogP contribution in [0.5, 0.6) is 17.4 Å². The van der Waals surface area contributed by atoms with E-state index in [9.17, 15) is 31.5 Å². The minimum atomic E-state index is -2.87. The number of nitrogens with zero attached hydrogens (tertiary/aromatic N) is 5. The number of carbonyl (C=O) groups is 2. The zero-order valence-corrected chi connectivity index (χ0v) is 28.2. The molecule has 0 radical (unpaired) electrons. The van der Waals surface area contributed by atoms with Gasteiger partial charge >= 0.3 is 6.61 Å². The van der Waals surface area contributed by atoms with Gasteiger partial charge in [0.2, 0.25) is 5.88 Å². The highest BCUT2D eigenvalue weighted by molar-refractivity contribution is 6.06. The minimum Gasteiger partial charge on any atom is -0.439 e. The fraction of sp³-hybridized carbons (Fsp3) is 0.270. The van der Waals surface area contributed by atoms with Crippen molar-refractivity contribution < 1.29 is 41.0 Å². The summed E-state index contributed by atoms with van der Waals surface area (Å²) in [5, 5.41) is 0.880. The molecule has 6 rings (SSSR count). The largest absolute Gasteiger partial charge is 0.439 e. The first-order valence-electron chi connectivity index (χ1n) is 16.0. The van der Waals surface area contributed by atoms with Crippen molar-refractivity contribution in [2.75, 3.05) is 38.1 Å². The molecule has 0 unspecified atom stereocenters. The van der Waals surface area contributed by atoms with Crippen molar-refractivity contribution in [2.24, 2.45) is 7.05 Å². The fourth-order valence-corrected chi connectivity index (χ4v) is 6.16. The minimum absolute atomic E-state index is 0.0891. The normalized spacial score (nSPS) is 13.6. The molecule has 3 heterocycles. The van der Waals surface area contributed by atoms with Crippen molar-refractivity contribution in [3.63, 3.8) is 0 Å². The van der Waals surface area contributed by atoms with Gasteiger partial charge in [-0.1, -0.05) is 12.1 Å². The maximum Gasteiger partial charge on any atom is 0.387 e. The summed E-state index contributed by atoms with van der Waals surface area (Å²) in [4.78, 5) is 35.9. The second kappa shape index (κ2) is 14.4. The van der Waals surface area contributed by atoms with Crippen LogP contribution in [-0.2, 0) is 13.6 Å². The number of benzene rings is 3. The SMILES string of the molecule is Cc1c(F)cc(C(=O)N(C)c2ccc(Oc3ccc4c(C)c(C(=O)N5CCN(Cc6ccc(OC(F)F)cc6)CC5)n(C)c4c3)nc2)c(F)c1F. The summed E-state index contributed by atoms with van der Waals surface area (Å²) < 4.78 is 79.6. The molecule has 0 saturated carbocycles. The molecule has 51 heavy (non-hydrogen) atoms. The molecule has 0 atom stereocenters. The first-order chi connectivity index (χ1) is 24.3. The molecule has 2 aromatic heterocycles. The number of hydrogen-bond donors (Lipinski definition) is 0. The molecule has 3 aromatic carbocycles. The monoisotopic (exact) mass is 707 g/mol. The van der Waals surface area contributed by atoms with Crippen LogP contribution < -0.4 is 14.4 Å². The Morgan fingerprint density at radius 2 is 1.57 bits per heavy atom. The Balaban J connectivity index is 1.10. The highest BCUT2D eigenvalue weighted by atomic mass is 19.3. The van der Waals surface area contributed by atoms with Crippen LogP contribution >= 0.6 is 0 Å². The Morgan fingerprint density at radius 3 is 2.22 bits per heavy atom. The van der Waals surface area contributed by atoms with E-state index in [1.54, 1.807) is 24.3 Å². The van der Waals surface area contributed by atoms with Crippen molar-refractivity contribution in [3.05, 3.63) is 112 Å². The summed E-state index contributed by atoms with van der Waals surface area (Å²) >= 11 is 0. The first kappa shape index (κ1) is 35.3. The third-order valence-corrected chi connectivity index (χ3v) is 9.10. The molecule has 266 valence electrons. The Morgan fingerprint density at radius 1 is 0.882 bits per heavy atom. The van der Waals surface area contributed by atoms with Gasteiger partial charge in [0.15, 0.2) is 11.6 Å². The number of amides is 2. The van der Waals surface area contributed by atoms with Crippen molar-refractivity contribution in [1.82, 2.24) is 19.4 Å². The number of fused-ring (bicyclic) bond motifs is 1. The molecule has 1 aliphatic heterocycles. The van der Waals surface area contributed by atoms with E-state index in [2.05, 4.69) is 14.6 Å². The Kier molecular flexibility index (Phi) is 9.97. The number of hydrogen-bond acceptors (Lipinski definition) is 6. The number of anilines is 1.